The van der Waals surface area contributed by atoms with Crippen LogP contribution in [0.25, 0.3) is 0 Å². The van der Waals surface area contributed by atoms with Gasteiger partial charge in [0, 0.05) is 18.5 Å². The Morgan fingerprint density at radius 2 is 2.04 bits per heavy atom. The van der Waals surface area contributed by atoms with Gasteiger partial charge in [-0.2, -0.15) is 0 Å². The number of benzene rings is 1. The van der Waals surface area contributed by atoms with Crippen LogP contribution in [-0.4, -0.2) is 31.8 Å². The Labute approximate surface area is 143 Å². The molecule has 1 aliphatic heterocycles. The molecule has 3 rings (SSSR count). The van der Waals surface area contributed by atoms with Gasteiger partial charge in [-0.15, -0.1) is 0 Å². The summed E-state index contributed by atoms with van der Waals surface area (Å²) in [5, 5.41) is 3.43. The molecule has 1 heterocycles. The van der Waals surface area contributed by atoms with Gasteiger partial charge in [0.25, 0.3) is 0 Å². The first-order chi connectivity index (χ1) is 11.3. The topological polar surface area (TPSA) is 33.3 Å². The molecule has 23 heavy (non-hydrogen) atoms. The fourth-order valence-electron chi connectivity index (χ4n) is 3.85. The number of halogens is 1. The van der Waals surface area contributed by atoms with Crippen molar-refractivity contribution in [3.63, 3.8) is 0 Å². The molecule has 1 aromatic rings. The first-order valence-corrected chi connectivity index (χ1v) is 9.18. The number of piperidine rings is 1. The van der Waals surface area contributed by atoms with E-state index in [1.807, 2.05) is 12.1 Å². The second-order valence-corrected chi connectivity index (χ2v) is 7.11. The fraction of sp³-hybridized carbons (Fsp3) is 0.667. The summed E-state index contributed by atoms with van der Waals surface area (Å²) in [5.74, 6) is 0.840. The van der Waals surface area contributed by atoms with Crippen molar-refractivity contribution in [1.82, 2.24) is 10.0 Å². The van der Waals surface area contributed by atoms with Crippen LogP contribution in [0.3, 0.4) is 0 Å². The van der Waals surface area contributed by atoms with Gasteiger partial charge in [0.15, 0.2) is 0 Å². The van der Waals surface area contributed by atoms with Gasteiger partial charge < -0.3 is 10.1 Å². The van der Waals surface area contributed by atoms with Gasteiger partial charge in [-0.1, -0.05) is 24.9 Å². The van der Waals surface area contributed by atoms with Crippen LogP contribution < -0.4 is 10.0 Å². The third kappa shape index (κ3) is 4.69. The molecule has 1 aliphatic carbocycles. The molecule has 0 bridgehead atoms. The summed E-state index contributed by atoms with van der Waals surface area (Å²) < 4.78 is 22.6. The molecule has 0 spiro atoms. The monoisotopic (exact) mass is 338 g/mol. The number of rotatable bonds is 5. The Bertz CT molecular complexity index is 494. The lowest BCUT2D eigenvalue weighted by molar-refractivity contribution is -0.00383. The van der Waals surface area contributed by atoms with Crippen LogP contribution in [0.5, 0.6) is 0 Å². The number of thiol groups is 1. The zero-order chi connectivity index (χ0) is 16.1. The molecule has 128 valence electrons. The Morgan fingerprint density at radius 1 is 1.22 bits per heavy atom. The van der Waals surface area contributed by atoms with E-state index < -0.39 is 0 Å². The van der Waals surface area contributed by atoms with Crippen LogP contribution in [0.4, 0.5) is 4.39 Å². The Morgan fingerprint density at radius 3 is 2.78 bits per heavy atom. The van der Waals surface area contributed by atoms with Crippen molar-refractivity contribution in [3.8, 4) is 0 Å². The molecule has 2 aliphatic rings. The largest absolute Gasteiger partial charge is 0.378 e. The minimum atomic E-state index is -0.129. The summed E-state index contributed by atoms with van der Waals surface area (Å²) in [6, 6.07) is 7.49. The third-order valence-corrected chi connectivity index (χ3v) is 5.65. The van der Waals surface area contributed by atoms with E-state index in [0.717, 1.165) is 57.4 Å². The van der Waals surface area contributed by atoms with Gasteiger partial charge in [-0.25, -0.2) is 4.39 Å². The molecule has 2 unspecified atom stereocenters. The molecule has 2 atom stereocenters. The third-order valence-electron chi connectivity index (χ3n) is 5.31. The first-order valence-electron chi connectivity index (χ1n) is 8.73. The lowest BCUT2D eigenvalue weighted by Crippen LogP contribution is -2.47. The summed E-state index contributed by atoms with van der Waals surface area (Å²) in [6.07, 6.45) is 5.77. The zero-order valence-electron chi connectivity index (χ0n) is 13.5. The maximum absolute atomic E-state index is 13.4. The van der Waals surface area contributed by atoms with Gasteiger partial charge >= 0.3 is 0 Å². The van der Waals surface area contributed by atoms with E-state index in [2.05, 4.69) is 22.9 Å². The van der Waals surface area contributed by atoms with Crippen molar-refractivity contribution in [2.75, 3.05) is 19.7 Å². The van der Waals surface area contributed by atoms with Gasteiger partial charge in [-0.05, 0) is 62.3 Å². The fourth-order valence-corrected chi connectivity index (χ4v) is 4.19. The molecule has 1 saturated heterocycles. The van der Waals surface area contributed by atoms with Gasteiger partial charge in [-0.3, -0.25) is 4.72 Å². The average molecular weight is 338 g/mol. The summed E-state index contributed by atoms with van der Waals surface area (Å²) in [7, 11) is 0. The van der Waals surface area contributed by atoms with Crippen LogP contribution in [0.15, 0.2) is 24.3 Å². The molecule has 0 amide bonds. The van der Waals surface area contributed by atoms with Gasteiger partial charge in [0.05, 0.1) is 12.7 Å². The van der Waals surface area contributed by atoms with Crippen LogP contribution in [0.2, 0.25) is 0 Å². The number of hydrogen-bond donors (Lipinski definition) is 3. The van der Waals surface area contributed by atoms with Crippen molar-refractivity contribution in [2.45, 2.75) is 50.2 Å². The summed E-state index contributed by atoms with van der Waals surface area (Å²) >= 11 is 4.24. The summed E-state index contributed by atoms with van der Waals surface area (Å²) in [5.41, 5.74) is 1.14. The minimum absolute atomic E-state index is 0.129. The Balaban J connectivity index is 1.44. The van der Waals surface area contributed by atoms with E-state index in [9.17, 15) is 4.39 Å². The highest BCUT2D eigenvalue weighted by Gasteiger charge is 2.27. The molecular weight excluding hydrogens is 311 g/mol. The first kappa shape index (κ1) is 17.2. The van der Waals surface area contributed by atoms with Crippen LogP contribution in [0, 0.1) is 11.7 Å². The predicted octanol–water partition coefficient (Wildman–Crippen LogP) is 3.28. The summed E-state index contributed by atoms with van der Waals surface area (Å²) in [4.78, 5) is 0. The standard InChI is InChI=1S/C18H27FN2OS/c19-16-3-1-2-14(10-16)13-4-6-17(7-5-13)22-12-15-11-20-9-8-18(15)21-23/h1-3,10,13,15,17-18,20-21,23H,4-9,11-12H2. The molecule has 3 nitrogen and oxygen atoms in total. The molecule has 2 fully saturated rings. The number of ether oxygens (including phenoxy) is 1. The van der Waals surface area contributed by atoms with Crippen LogP contribution in [0.1, 0.15) is 43.6 Å². The zero-order valence-corrected chi connectivity index (χ0v) is 14.4. The van der Waals surface area contributed by atoms with Crippen molar-refractivity contribution in [1.29, 1.82) is 0 Å². The normalized spacial score (nSPS) is 31.9. The summed E-state index contributed by atoms with van der Waals surface area (Å²) in [6.45, 7) is 2.84. The van der Waals surface area contributed by atoms with Gasteiger partial charge in [0.2, 0.25) is 0 Å². The Hall–Kier alpha value is -0.620. The quantitative estimate of drug-likeness (QED) is 0.721. The maximum atomic E-state index is 13.4. The number of hydrogen-bond acceptors (Lipinski definition) is 4. The van der Waals surface area contributed by atoms with Gasteiger partial charge in [0.1, 0.15) is 5.82 Å². The van der Waals surface area contributed by atoms with E-state index in [4.69, 9.17) is 4.74 Å². The molecule has 1 saturated carbocycles. The van der Waals surface area contributed by atoms with Crippen molar-refractivity contribution < 1.29 is 9.13 Å². The van der Waals surface area contributed by atoms with Crippen molar-refractivity contribution in [3.05, 3.63) is 35.6 Å². The second kappa shape index (κ2) is 8.47. The molecule has 5 heteroatoms. The highest BCUT2D eigenvalue weighted by Crippen LogP contribution is 2.34. The van der Waals surface area contributed by atoms with E-state index in [1.165, 1.54) is 6.07 Å². The second-order valence-electron chi connectivity index (χ2n) is 6.85. The van der Waals surface area contributed by atoms with Crippen LogP contribution >= 0.6 is 12.8 Å². The molecule has 1 aromatic carbocycles. The van der Waals surface area contributed by atoms with E-state index in [1.54, 1.807) is 6.07 Å². The predicted molar refractivity (Wildman–Crippen MR) is 94.2 cm³/mol. The SMILES string of the molecule is Fc1cccc(C2CCC(OCC3CNCCC3NS)CC2)c1. The minimum Gasteiger partial charge on any atom is -0.378 e. The highest BCUT2D eigenvalue weighted by atomic mass is 32.1. The molecule has 0 radical (unpaired) electrons. The van der Waals surface area contributed by atoms with E-state index in [0.29, 0.717) is 24.0 Å². The molecule has 2 N–H and O–H groups in total. The van der Waals surface area contributed by atoms with E-state index in [-0.39, 0.29) is 5.82 Å². The lowest BCUT2D eigenvalue weighted by atomic mass is 9.82. The molecule has 0 aromatic heterocycles. The van der Waals surface area contributed by atoms with E-state index >= 15 is 0 Å². The molecular formula is C18H27FN2OS. The maximum Gasteiger partial charge on any atom is 0.123 e. The smallest absolute Gasteiger partial charge is 0.123 e. The average Bonchev–Trinajstić information content (AvgIpc) is 2.60. The van der Waals surface area contributed by atoms with Crippen molar-refractivity contribution >= 4 is 12.8 Å². The van der Waals surface area contributed by atoms with Crippen molar-refractivity contribution in [2.24, 2.45) is 5.92 Å². The Kier molecular flexibility index (Phi) is 6.34. The highest BCUT2D eigenvalue weighted by molar-refractivity contribution is 7.78. The lowest BCUT2D eigenvalue weighted by Gasteiger charge is -2.34. The van der Waals surface area contributed by atoms with Crippen LogP contribution in [-0.2, 0) is 4.74 Å². The number of nitrogens with one attached hydrogen (secondary N) is 2.